The Balaban J connectivity index is 3.72. The maximum absolute atomic E-state index is 12.1. The van der Waals surface area contributed by atoms with E-state index in [1.807, 2.05) is 0 Å². The highest BCUT2D eigenvalue weighted by molar-refractivity contribution is 5.70. The number of aliphatic hydroxyl groups excluding tert-OH is 1. The van der Waals surface area contributed by atoms with Gasteiger partial charge in [0.05, 0.1) is 6.61 Å². The summed E-state index contributed by atoms with van der Waals surface area (Å²) in [5.41, 5.74) is 0. The predicted octanol–water partition coefficient (Wildman–Crippen LogP) is 10.1. The molecule has 0 saturated heterocycles. The summed E-state index contributed by atoms with van der Waals surface area (Å²) in [6.45, 7) is 3.94. The molecule has 0 unspecified atom stereocenters. The van der Waals surface area contributed by atoms with E-state index in [1.165, 1.54) is 51.4 Å². The molecule has 0 aliphatic heterocycles. The summed E-state index contributed by atoms with van der Waals surface area (Å²) in [6.07, 6.45) is 41.3. The fourth-order valence-corrected chi connectivity index (χ4v) is 4.29. The highest BCUT2D eigenvalue weighted by atomic mass is 16.6. The Morgan fingerprint density at radius 3 is 1.52 bits per heavy atom. The van der Waals surface area contributed by atoms with E-state index in [1.54, 1.807) is 0 Å². The quantitative estimate of drug-likeness (QED) is 0.0536. The molecule has 0 radical (unpaired) electrons. The van der Waals surface area contributed by atoms with Gasteiger partial charge < -0.3 is 14.6 Å². The lowest BCUT2D eigenvalue weighted by Crippen LogP contribution is -2.28. The number of esters is 2. The van der Waals surface area contributed by atoms with Gasteiger partial charge in [0.25, 0.3) is 0 Å². The van der Waals surface area contributed by atoms with Gasteiger partial charge >= 0.3 is 11.9 Å². The molecule has 5 nitrogen and oxygen atoms in total. The van der Waals surface area contributed by atoms with Gasteiger partial charge in [-0.05, 0) is 51.4 Å². The lowest BCUT2D eigenvalue weighted by Gasteiger charge is -2.15. The average Bonchev–Trinajstić information content (AvgIpc) is 2.99. The first-order chi connectivity index (χ1) is 20.6. The zero-order chi connectivity index (χ0) is 30.8. The fourth-order valence-electron chi connectivity index (χ4n) is 4.29. The van der Waals surface area contributed by atoms with Gasteiger partial charge in [0.15, 0.2) is 6.10 Å². The molecule has 0 aromatic rings. The van der Waals surface area contributed by atoms with Crippen LogP contribution in [0.2, 0.25) is 0 Å². The van der Waals surface area contributed by atoms with Crippen molar-refractivity contribution in [2.75, 3.05) is 13.2 Å². The lowest BCUT2D eigenvalue weighted by molar-refractivity contribution is -0.161. The first kappa shape index (κ1) is 39.6. The molecule has 0 amide bonds. The van der Waals surface area contributed by atoms with E-state index in [4.69, 9.17) is 9.47 Å². The van der Waals surface area contributed by atoms with Crippen molar-refractivity contribution in [1.82, 2.24) is 0 Å². The molecule has 42 heavy (non-hydrogen) atoms. The summed E-state index contributed by atoms with van der Waals surface area (Å²) in [6, 6.07) is 0. The largest absolute Gasteiger partial charge is 0.462 e. The molecule has 0 fully saturated rings. The number of allylic oxidation sites excluding steroid dienone is 10. The van der Waals surface area contributed by atoms with Crippen molar-refractivity contribution >= 4 is 11.9 Å². The Kier molecular flexibility index (Phi) is 31.2. The second kappa shape index (κ2) is 33.1. The van der Waals surface area contributed by atoms with Crippen LogP contribution in [0.15, 0.2) is 60.8 Å². The molecule has 0 saturated carbocycles. The Hall–Kier alpha value is -2.40. The third-order valence-electron chi connectivity index (χ3n) is 6.83. The molecular weight excluding hydrogens is 524 g/mol. The van der Waals surface area contributed by atoms with E-state index in [9.17, 15) is 14.7 Å². The van der Waals surface area contributed by atoms with E-state index < -0.39 is 6.10 Å². The van der Waals surface area contributed by atoms with Crippen LogP contribution in [0.5, 0.6) is 0 Å². The van der Waals surface area contributed by atoms with Crippen LogP contribution in [-0.2, 0) is 19.1 Å². The molecule has 0 aliphatic rings. The molecule has 1 N–H and O–H groups in total. The number of ether oxygens (including phenoxy) is 2. The second-order valence-electron chi connectivity index (χ2n) is 10.9. The van der Waals surface area contributed by atoms with Crippen molar-refractivity contribution in [2.24, 2.45) is 0 Å². The van der Waals surface area contributed by atoms with Crippen LogP contribution in [-0.4, -0.2) is 36.4 Å². The van der Waals surface area contributed by atoms with Gasteiger partial charge in [0.1, 0.15) is 6.61 Å². The standard InChI is InChI=1S/C37H62O5/c1-3-5-7-9-11-13-15-16-17-18-19-20-22-23-25-27-29-31-36(39)41-34-35(33-38)42-37(40)32-30-28-26-24-21-14-12-10-8-6-4-2/h5,7,11,13,16-17,19-20,23,25,35,38H,3-4,6,8-10,12,14-15,18,21-22,24,26-34H2,1-2H3/b7-5-,13-11-,17-16-,20-19-,25-23-/t35-/m0/s1. The molecule has 5 heteroatoms. The summed E-state index contributed by atoms with van der Waals surface area (Å²) in [5.74, 6) is -0.665. The number of carbonyl (C=O) groups excluding carboxylic acids is 2. The second-order valence-corrected chi connectivity index (χ2v) is 10.9. The zero-order valence-corrected chi connectivity index (χ0v) is 27.0. The monoisotopic (exact) mass is 586 g/mol. The third kappa shape index (κ3) is 30.6. The molecule has 0 heterocycles. The summed E-state index contributed by atoms with van der Waals surface area (Å²) in [7, 11) is 0. The lowest BCUT2D eigenvalue weighted by atomic mass is 10.1. The molecule has 1 atom stereocenters. The number of hydrogen-bond donors (Lipinski definition) is 1. The molecule has 0 spiro atoms. The molecule has 240 valence electrons. The van der Waals surface area contributed by atoms with E-state index in [0.717, 1.165) is 57.8 Å². The van der Waals surface area contributed by atoms with E-state index in [0.29, 0.717) is 19.3 Å². The van der Waals surface area contributed by atoms with Crippen molar-refractivity contribution in [2.45, 2.75) is 148 Å². The minimum atomic E-state index is -0.792. The smallest absolute Gasteiger partial charge is 0.306 e. The number of hydrogen-bond acceptors (Lipinski definition) is 5. The van der Waals surface area contributed by atoms with Crippen molar-refractivity contribution < 1.29 is 24.2 Å². The Bertz CT molecular complexity index is 762. The SMILES string of the molecule is CC/C=C\C/C=C\C/C=C\C/C=C\C/C=C\CCCC(=O)OC[C@H](CO)OC(=O)CCCCCCCCCCCCC. The summed E-state index contributed by atoms with van der Waals surface area (Å²) >= 11 is 0. The molecule has 0 rings (SSSR count). The van der Waals surface area contributed by atoms with Crippen LogP contribution >= 0.6 is 0 Å². The highest BCUT2D eigenvalue weighted by Gasteiger charge is 2.15. The normalized spacial score (nSPS) is 12.9. The van der Waals surface area contributed by atoms with Gasteiger partial charge in [-0.2, -0.15) is 0 Å². The molecule has 0 bridgehead atoms. The van der Waals surface area contributed by atoms with Gasteiger partial charge in [-0.1, -0.05) is 139 Å². The van der Waals surface area contributed by atoms with Gasteiger partial charge in [0, 0.05) is 12.8 Å². The summed E-state index contributed by atoms with van der Waals surface area (Å²) in [5, 5.41) is 9.49. The summed E-state index contributed by atoms with van der Waals surface area (Å²) in [4.78, 5) is 24.1. The zero-order valence-electron chi connectivity index (χ0n) is 27.0. The van der Waals surface area contributed by atoms with Crippen molar-refractivity contribution in [3.8, 4) is 0 Å². The first-order valence-electron chi connectivity index (χ1n) is 16.8. The number of carbonyl (C=O) groups is 2. The minimum Gasteiger partial charge on any atom is -0.462 e. The minimum absolute atomic E-state index is 0.0962. The Labute approximate surface area is 258 Å². The summed E-state index contributed by atoms with van der Waals surface area (Å²) < 4.78 is 10.5. The third-order valence-corrected chi connectivity index (χ3v) is 6.83. The van der Waals surface area contributed by atoms with Crippen LogP contribution in [0.4, 0.5) is 0 Å². The molecule has 0 aromatic carbocycles. The van der Waals surface area contributed by atoms with Gasteiger partial charge in [-0.15, -0.1) is 0 Å². The molecule has 0 aliphatic carbocycles. The number of aliphatic hydroxyl groups is 1. The maximum Gasteiger partial charge on any atom is 0.306 e. The van der Waals surface area contributed by atoms with Crippen LogP contribution in [0.3, 0.4) is 0 Å². The molecular formula is C37H62O5. The Morgan fingerprint density at radius 2 is 1.02 bits per heavy atom. The van der Waals surface area contributed by atoms with E-state index in [-0.39, 0.29) is 25.2 Å². The highest BCUT2D eigenvalue weighted by Crippen LogP contribution is 2.12. The molecule has 0 aromatic heterocycles. The van der Waals surface area contributed by atoms with Crippen molar-refractivity contribution in [1.29, 1.82) is 0 Å². The topological polar surface area (TPSA) is 72.8 Å². The van der Waals surface area contributed by atoms with Crippen LogP contribution in [0.1, 0.15) is 142 Å². The van der Waals surface area contributed by atoms with Crippen molar-refractivity contribution in [3.05, 3.63) is 60.8 Å². The fraction of sp³-hybridized carbons (Fsp3) is 0.676. The van der Waals surface area contributed by atoms with Crippen LogP contribution < -0.4 is 0 Å². The van der Waals surface area contributed by atoms with E-state index >= 15 is 0 Å². The van der Waals surface area contributed by atoms with E-state index in [2.05, 4.69) is 74.6 Å². The van der Waals surface area contributed by atoms with Gasteiger partial charge in [-0.3, -0.25) is 9.59 Å². The number of unbranched alkanes of at least 4 members (excludes halogenated alkanes) is 11. The van der Waals surface area contributed by atoms with Crippen LogP contribution in [0, 0.1) is 0 Å². The Morgan fingerprint density at radius 1 is 0.571 bits per heavy atom. The van der Waals surface area contributed by atoms with Gasteiger partial charge in [-0.25, -0.2) is 0 Å². The average molecular weight is 587 g/mol. The number of rotatable bonds is 29. The van der Waals surface area contributed by atoms with Crippen LogP contribution in [0.25, 0.3) is 0 Å². The first-order valence-corrected chi connectivity index (χ1v) is 16.8. The van der Waals surface area contributed by atoms with Gasteiger partial charge in [0.2, 0.25) is 0 Å². The van der Waals surface area contributed by atoms with Crippen molar-refractivity contribution in [3.63, 3.8) is 0 Å². The predicted molar refractivity (Wildman–Crippen MR) is 177 cm³/mol. The maximum atomic E-state index is 12.1.